The molecule has 0 bridgehead atoms. The van der Waals surface area contributed by atoms with Crippen LogP contribution >= 0.6 is 11.6 Å². The normalized spacial score (nSPS) is 11.3. The van der Waals surface area contributed by atoms with Gasteiger partial charge in [-0.2, -0.15) is 4.52 Å². The van der Waals surface area contributed by atoms with E-state index in [1.165, 1.54) is 5.56 Å². The second-order valence-electron chi connectivity index (χ2n) is 5.45. The average Bonchev–Trinajstić information content (AvgIpc) is 3.02. The zero-order valence-corrected chi connectivity index (χ0v) is 13.3. The molecule has 114 valence electrons. The Labute approximate surface area is 137 Å². The average molecular weight is 325 g/mol. The zero-order chi connectivity index (χ0) is 16.0. The molecule has 2 aromatic heterocycles. The van der Waals surface area contributed by atoms with Crippen molar-refractivity contribution >= 4 is 39.8 Å². The van der Waals surface area contributed by atoms with Crippen molar-refractivity contribution in [3.63, 3.8) is 0 Å². The van der Waals surface area contributed by atoms with Crippen molar-refractivity contribution < 1.29 is 0 Å². The first-order chi connectivity index (χ1) is 11.1. The third-order valence-electron chi connectivity index (χ3n) is 3.73. The standard InChI is InChI=1S/C16H13ClN6/c1-9-3-4-10(2)13(7-9)19-15-16-20-21-22-23(16)14-8-11(17)5-6-12(14)18-15/h3-8H,1-2H3,(H,18,19). The fourth-order valence-corrected chi connectivity index (χ4v) is 2.68. The molecule has 0 amide bonds. The second kappa shape index (κ2) is 5.17. The molecule has 0 saturated carbocycles. The Hall–Kier alpha value is -2.73. The van der Waals surface area contributed by atoms with Crippen LogP contribution < -0.4 is 5.32 Å². The van der Waals surface area contributed by atoms with Crippen LogP contribution in [-0.4, -0.2) is 25.0 Å². The number of hydrogen-bond acceptors (Lipinski definition) is 5. The number of hydrogen-bond donors (Lipinski definition) is 1. The lowest BCUT2D eigenvalue weighted by Gasteiger charge is -2.11. The minimum atomic E-state index is 0.556. The summed E-state index contributed by atoms with van der Waals surface area (Å²) in [6, 6.07) is 11.7. The van der Waals surface area contributed by atoms with Gasteiger partial charge in [0.2, 0.25) is 5.65 Å². The van der Waals surface area contributed by atoms with E-state index in [1.54, 1.807) is 16.6 Å². The number of nitrogens with one attached hydrogen (secondary N) is 1. The van der Waals surface area contributed by atoms with Gasteiger partial charge in [-0.15, -0.1) is 5.10 Å². The van der Waals surface area contributed by atoms with Gasteiger partial charge in [0.25, 0.3) is 0 Å². The summed E-state index contributed by atoms with van der Waals surface area (Å²) in [6.45, 7) is 4.09. The summed E-state index contributed by atoms with van der Waals surface area (Å²) in [5.41, 5.74) is 5.36. The Balaban J connectivity index is 1.93. The number of anilines is 2. The molecule has 4 aromatic rings. The number of fused-ring (bicyclic) bond motifs is 3. The molecule has 0 aliphatic rings. The SMILES string of the molecule is Cc1ccc(C)c(Nc2nc3ccc(Cl)cc3n3nnnc23)c1. The molecule has 0 saturated heterocycles. The minimum absolute atomic E-state index is 0.556. The summed E-state index contributed by atoms with van der Waals surface area (Å²) in [4.78, 5) is 4.65. The lowest BCUT2D eigenvalue weighted by molar-refractivity contribution is 0.841. The molecule has 0 fully saturated rings. The zero-order valence-electron chi connectivity index (χ0n) is 12.6. The van der Waals surface area contributed by atoms with Gasteiger partial charge in [0.15, 0.2) is 5.82 Å². The monoisotopic (exact) mass is 324 g/mol. The highest BCUT2D eigenvalue weighted by Crippen LogP contribution is 2.26. The highest BCUT2D eigenvalue weighted by atomic mass is 35.5. The van der Waals surface area contributed by atoms with Crippen molar-refractivity contribution in [2.45, 2.75) is 13.8 Å². The van der Waals surface area contributed by atoms with Crippen LogP contribution in [-0.2, 0) is 0 Å². The first-order valence-corrected chi connectivity index (χ1v) is 7.51. The maximum Gasteiger partial charge on any atom is 0.222 e. The number of benzene rings is 2. The first kappa shape index (κ1) is 13.9. The quantitative estimate of drug-likeness (QED) is 0.609. The molecular weight excluding hydrogens is 312 g/mol. The lowest BCUT2D eigenvalue weighted by Crippen LogP contribution is -2.02. The van der Waals surface area contributed by atoms with Gasteiger partial charge in [-0.25, -0.2) is 4.98 Å². The van der Waals surface area contributed by atoms with Gasteiger partial charge >= 0.3 is 0 Å². The maximum absolute atomic E-state index is 6.07. The van der Waals surface area contributed by atoms with Crippen LogP contribution in [0.3, 0.4) is 0 Å². The van der Waals surface area contributed by atoms with E-state index >= 15 is 0 Å². The van der Waals surface area contributed by atoms with Crippen LogP contribution in [0.15, 0.2) is 36.4 Å². The molecule has 2 aromatic carbocycles. The van der Waals surface area contributed by atoms with Crippen LogP contribution in [0, 0.1) is 13.8 Å². The summed E-state index contributed by atoms with van der Waals surface area (Å²) >= 11 is 6.07. The molecule has 0 unspecified atom stereocenters. The van der Waals surface area contributed by atoms with Crippen molar-refractivity contribution in [3.05, 3.63) is 52.5 Å². The number of rotatable bonds is 2. The van der Waals surface area contributed by atoms with Gasteiger partial charge in [0, 0.05) is 10.7 Å². The number of halogens is 1. The van der Waals surface area contributed by atoms with E-state index in [0.29, 0.717) is 16.5 Å². The van der Waals surface area contributed by atoms with Crippen molar-refractivity contribution in [2.75, 3.05) is 5.32 Å². The van der Waals surface area contributed by atoms with Crippen LogP contribution in [0.5, 0.6) is 0 Å². The first-order valence-electron chi connectivity index (χ1n) is 7.13. The molecule has 0 spiro atoms. The molecule has 0 aliphatic heterocycles. The van der Waals surface area contributed by atoms with Gasteiger partial charge in [-0.1, -0.05) is 23.7 Å². The maximum atomic E-state index is 6.07. The summed E-state index contributed by atoms with van der Waals surface area (Å²) in [5.74, 6) is 0.610. The van der Waals surface area contributed by atoms with Gasteiger partial charge < -0.3 is 5.32 Å². The summed E-state index contributed by atoms with van der Waals surface area (Å²) in [5, 5.41) is 15.8. The predicted molar refractivity (Wildman–Crippen MR) is 90.3 cm³/mol. The number of aromatic nitrogens is 5. The van der Waals surface area contributed by atoms with Crippen molar-refractivity contribution in [2.24, 2.45) is 0 Å². The number of aryl methyl sites for hydroxylation is 2. The molecule has 1 N–H and O–H groups in total. The summed E-state index contributed by atoms with van der Waals surface area (Å²) in [6.07, 6.45) is 0. The van der Waals surface area contributed by atoms with E-state index in [9.17, 15) is 0 Å². The van der Waals surface area contributed by atoms with Crippen LogP contribution in [0.4, 0.5) is 11.5 Å². The van der Waals surface area contributed by atoms with Crippen LogP contribution in [0.2, 0.25) is 5.02 Å². The third kappa shape index (κ3) is 2.37. The summed E-state index contributed by atoms with van der Waals surface area (Å²) in [7, 11) is 0. The van der Waals surface area contributed by atoms with E-state index in [4.69, 9.17) is 11.6 Å². The minimum Gasteiger partial charge on any atom is -0.337 e. The Morgan fingerprint density at radius 1 is 1.09 bits per heavy atom. The van der Waals surface area contributed by atoms with Crippen LogP contribution in [0.1, 0.15) is 11.1 Å². The number of tetrazole rings is 1. The molecule has 6 nitrogen and oxygen atoms in total. The smallest absolute Gasteiger partial charge is 0.222 e. The van der Waals surface area contributed by atoms with Gasteiger partial charge in [-0.05, 0) is 59.7 Å². The van der Waals surface area contributed by atoms with Crippen molar-refractivity contribution in [1.82, 2.24) is 25.0 Å². The Morgan fingerprint density at radius 3 is 2.83 bits per heavy atom. The van der Waals surface area contributed by atoms with Crippen LogP contribution in [0.25, 0.3) is 16.7 Å². The Kier molecular flexibility index (Phi) is 3.12. The Morgan fingerprint density at radius 2 is 1.96 bits per heavy atom. The van der Waals surface area contributed by atoms with Crippen molar-refractivity contribution in [1.29, 1.82) is 0 Å². The third-order valence-corrected chi connectivity index (χ3v) is 3.96. The highest BCUT2D eigenvalue weighted by molar-refractivity contribution is 6.31. The van der Waals surface area contributed by atoms with Gasteiger partial charge in [-0.3, -0.25) is 0 Å². The second-order valence-corrected chi connectivity index (χ2v) is 5.89. The van der Waals surface area contributed by atoms with Gasteiger partial charge in [0.1, 0.15) is 0 Å². The highest BCUT2D eigenvalue weighted by Gasteiger charge is 2.13. The van der Waals surface area contributed by atoms with Gasteiger partial charge in [0.05, 0.1) is 11.0 Å². The largest absolute Gasteiger partial charge is 0.337 e. The van der Waals surface area contributed by atoms with E-state index in [0.717, 1.165) is 22.3 Å². The molecule has 2 heterocycles. The Bertz CT molecular complexity index is 1040. The number of nitrogens with zero attached hydrogens (tertiary/aromatic N) is 5. The fraction of sp³-hybridized carbons (Fsp3) is 0.125. The van der Waals surface area contributed by atoms with E-state index in [2.05, 4.69) is 50.9 Å². The fourth-order valence-electron chi connectivity index (χ4n) is 2.51. The molecule has 4 rings (SSSR count). The topological polar surface area (TPSA) is 68.0 Å². The lowest BCUT2D eigenvalue weighted by atomic mass is 10.1. The molecule has 0 radical (unpaired) electrons. The van der Waals surface area contributed by atoms with E-state index in [1.807, 2.05) is 13.0 Å². The summed E-state index contributed by atoms with van der Waals surface area (Å²) < 4.78 is 1.64. The van der Waals surface area contributed by atoms with E-state index < -0.39 is 0 Å². The molecule has 0 aliphatic carbocycles. The molecule has 7 heteroatoms. The molecular formula is C16H13ClN6. The van der Waals surface area contributed by atoms with Crippen molar-refractivity contribution in [3.8, 4) is 0 Å². The molecule has 23 heavy (non-hydrogen) atoms. The predicted octanol–water partition coefficient (Wildman–Crippen LogP) is 3.69. The van der Waals surface area contributed by atoms with E-state index in [-0.39, 0.29) is 0 Å². The molecule has 0 atom stereocenters.